The van der Waals surface area contributed by atoms with Gasteiger partial charge in [-0.2, -0.15) is 0 Å². The monoisotopic (exact) mass is 394 g/mol. The average Bonchev–Trinajstić information content (AvgIpc) is 2.57. The Kier molecular flexibility index (Phi) is 6.26. The van der Waals surface area contributed by atoms with Crippen molar-refractivity contribution < 1.29 is 14.8 Å². The maximum atomic E-state index is 12.3. The molecule has 0 saturated carbocycles. The summed E-state index contributed by atoms with van der Waals surface area (Å²) in [6.45, 7) is 1.23. The fourth-order valence-electron chi connectivity index (χ4n) is 1.86. The van der Waals surface area contributed by atoms with Gasteiger partial charge in [-0.15, -0.1) is 10.2 Å². The van der Waals surface area contributed by atoms with Crippen LogP contribution in [-0.4, -0.2) is 15.9 Å². The number of hydrogen-bond donors (Lipinski definition) is 2. The van der Waals surface area contributed by atoms with Crippen molar-refractivity contribution in [2.24, 2.45) is 10.2 Å². The molecular weight excluding hydrogens is 383 g/mol. The van der Waals surface area contributed by atoms with E-state index in [2.05, 4.69) is 15.5 Å². The van der Waals surface area contributed by atoms with Crippen molar-refractivity contribution in [2.45, 2.75) is 6.92 Å². The highest BCUT2D eigenvalue weighted by Crippen LogP contribution is 2.31. The molecule has 2 aromatic rings. The minimum absolute atomic E-state index is 0.122. The van der Waals surface area contributed by atoms with E-state index in [1.807, 2.05) is 0 Å². The average molecular weight is 395 g/mol. The van der Waals surface area contributed by atoms with Crippen LogP contribution < -0.4 is 5.32 Å². The summed E-state index contributed by atoms with van der Waals surface area (Å²) in [5.41, 5.74) is -0.619. The van der Waals surface area contributed by atoms with Crippen LogP contribution in [-0.2, 0) is 4.79 Å². The molecule has 0 heterocycles. The van der Waals surface area contributed by atoms with E-state index in [0.717, 1.165) is 6.07 Å². The summed E-state index contributed by atoms with van der Waals surface area (Å²) in [5, 5.41) is 31.0. The lowest BCUT2D eigenvalue weighted by atomic mass is 10.3. The van der Waals surface area contributed by atoms with Crippen LogP contribution in [0.5, 0.6) is 0 Å². The first-order valence-electron chi connectivity index (χ1n) is 7.11. The molecule has 0 aliphatic rings. The van der Waals surface area contributed by atoms with E-state index in [1.54, 1.807) is 24.3 Å². The van der Waals surface area contributed by atoms with Crippen LogP contribution >= 0.6 is 23.2 Å². The van der Waals surface area contributed by atoms with Crippen molar-refractivity contribution in [2.75, 3.05) is 5.32 Å². The number of carbonyl (C=O) groups excluding carboxylic acids is 1. The summed E-state index contributed by atoms with van der Waals surface area (Å²) in [7, 11) is 0. The quantitative estimate of drug-likeness (QED) is 0.231. The normalized spacial score (nSPS) is 12.0. The number of aliphatic hydroxyl groups excluding tert-OH is 1. The number of azo groups is 1. The summed E-state index contributed by atoms with van der Waals surface area (Å²) in [6.07, 6.45) is 0. The molecular formula is C16H12Cl2N4O4. The van der Waals surface area contributed by atoms with Crippen molar-refractivity contribution in [1.82, 2.24) is 0 Å². The number of nitro benzene ring substituents is 1. The summed E-state index contributed by atoms with van der Waals surface area (Å²) in [6, 6.07) is 10.3. The number of allylic oxidation sites excluding steroid dienone is 1. The van der Waals surface area contributed by atoms with Gasteiger partial charge in [0.15, 0.2) is 11.4 Å². The van der Waals surface area contributed by atoms with Gasteiger partial charge in [-0.1, -0.05) is 35.3 Å². The summed E-state index contributed by atoms with van der Waals surface area (Å²) < 4.78 is 0. The van der Waals surface area contributed by atoms with Gasteiger partial charge in [0.25, 0.3) is 11.6 Å². The van der Waals surface area contributed by atoms with E-state index in [0.29, 0.717) is 10.7 Å². The van der Waals surface area contributed by atoms with Gasteiger partial charge < -0.3 is 10.4 Å². The number of para-hydroxylation sites is 1. The van der Waals surface area contributed by atoms with Crippen LogP contribution in [0.15, 0.2) is 64.1 Å². The first kappa shape index (κ1) is 19.4. The number of rotatable bonds is 5. The number of nitro groups is 1. The molecule has 2 rings (SSSR count). The molecule has 0 aliphatic heterocycles. The maximum Gasteiger partial charge on any atom is 0.298 e. The molecule has 26 heavy (non-hydrogen) atoms. The Hall–Kier alpha value is -2.97. The smallest absolute Gasteiger partial charge is 0.298 e. The topological polar surface area (TPSA) is 117 Å². The second-order valence-corrected chi connectivity index (χ2v) is 5.80. The number of nitrogens with zero attached hydrogens (tertiary/aromatic N) is 3. The van der Waals surface area contributed by atoms with Gasteiger partial charge in [-0.25, -0.2) is 0 Å². The number of halogens is 2. The zero-order valence-electron chi connectivity index (χ0n) is 13.3. The van der Waals surface area contributed by atoms with Gasteiger partial charge >= 0.3 is 0 Å². The van der Waals surface area contributed by atoms with E-state index in [-0.39, 0.29) is 16.4 Å². The van der Waals surface area contributed by atoms with Crippen LogP contribution in [0.3, 0.4) is 0 Å². The molecule has 0 aliphatic carbocycles. The fraction of sp³-hybridized carbons (Fsp3) is 0.0625. The largest absolute Gasteiger partial charge is 0.510 e. The number of amides is 1. The lowest BCUT2D eigenvalue weighted by Gasteiger charge is -2.07. The molecule has 0 spiro atoms. The Bertz CT molecular complexity index is 924. The van der Waals surface area contributed by atoms with Crippen molar-refractivity contribution in [3.63, 3.8) is 0 Å². The van der Waals surface area contributed by atoms with Crippen molar-refractivity contribution in [1.29, 1.82) is 0 Å². The van der Waals surface area contributed by atoms with Gasteiger partial charge in [0.1, 0.15) is 5.76 Å². The molecule has 0 aromatic heterocycles. The fourth-order valence-corrected chi connectivity index (χ4v) is 2.21. The third-order valence-electron chi connectivity index (χ3n) is 3.07. The highest BCUT2D eigenvalue weighted by atomic mass is 35.5. The van der Waals surface area contributed by atoms with E-state index in [9.17, 15) is 20.0 Å². The van der Waals surface area contributed by atoms with Crippen molar-refractivity contribution in [3.8, 4) is 0 Å². The van der Waals surface area contributed by atoms with E-state index < -0.39 is 22.3 Å². The van der Waals surface area contributed by atoms with Gasteiger partial charge in [-0.3, -0.25) is 14.9 Å². The number of hydrogen-bond acceptors (Lipinski definition) is 6. The van der Waals surface area contributed by atoms with Crippen LogP contribution in [0, 0.1) is 10.1 Å². The molecule has 134 valence electrons. The molecule has 10 heteroatoms. The summed E-state index contributed by atoms with van der Waals surface area (Å²) >= 11 is 11.7. The second-order valence-electron chi connectivity index (χ2n) is 4.96. The van der Waals surface area contributed by atoms with Crippen LogP contribution in [0.1, 0.15) is 6.92 Å². The Balaban J connectivity index is 2.31. The summed E-state index contributed by atoms with van der Waals surface area (Å²) in [4.78, 5) is 22.7. The first-order chi connectivity index (χ1) is 12.3. The highest BCUT2D eigenvalue weighted by molar-refractivity contribution is 6.33. The Morgan fingerprint density at radius 3 is 2.54 bits per heavy atom. The molecule has 8 nitrogen and oxygen atoms in total. The zero-order valence-corrected chi connectivity index (χ0v) is 14.8. The van der Waals surface area contributed by atoms with E-state index in [4.69, 9.17) is 23.2 Å². The minimum atomic E-state index is -0.779. The summed E-state index contributed by atoms with van der Waals surface area (Å²) in [5.74, 6) is -1.20. The number of carbonyl (C=O) groups is 1. The van der Waals surface area contributed by atoms with Gasteiger partial charge in [-0.05, 0) is 31.2 Å². The third-order valence-corrected chi connectivity index (χ3v) is 3.64. The Morgan fingerprint density at radius 1 is 1.23 bits per heavy atom. The van der Waals surface area contributed by atoms with Crippen LogP contribution in [0.2, 0.25) is 10.0 Å². The van der Waals surface area contributed by atoms with E-state index in [1.165, 1.54) is 19.1 Å². The number of benzene rings is 2. The first-order valence-corrected chi connectivity index (χ1v) is 7.86. The molecule has 0 unspecified atom stereocenters. The predicted octanol–water partition coefficient (Wildman–Crippen LogP) is 5.41. The third kappa shape index (κ3) is 4.78. The molecule has 1 amide bonds. The van der Waals surface area contributed by atoms with Crippen LogP contribution in [0.25, 0.3) is 0 Å². The van der Waals surface area contributed by atoms with E-state index >= 15 is 0 Å². The number of anilines is 1. The number of aliphatic hydroxyl groups is 1. The molecule has 0 radical (unpaired) electrons. The highest BCUT2D eigenvalue weighted by Gasteiger charge is 2.17. The van der Waals surface area contributed by atoms with Gasteiger partial charge in [0.05, 0.1) is 15.6 Å². The molecule has 2 aromatic carbocycles. The van der Waals surface area contributed by atoms with Crippen molar-refractivity contribution in [3.05, 3.63) is 74.1 Å². The second kappa shape index (κ2) is 8.41. The van der Waals surface area contributed by atoms with Gasteiger partial charge in [0.2, 0.25) is 0 Å². The maximum absolute atomic E-state index is 12.3. The molecule has 0 atom stereocenters. The predicted molar refractivity (Wildman–Crippen MR) is 98.0 cm³/mol. The Labute approximate surface area is 157 Å². The molecule has 0 saturated heterocycles. The van der Waals surface area contributed by atoms with Crippen LogP contribution in [0.4, 0.5) is 17.1 Å². The number of nitrogens with one attached hydrogen (secondary N) is 1. The SMILES string of the molecule is C/C(O)=C(/N=Nc1ccc(Cl)cc1[N+](=O)[O-])C(=O)Nc1ccccc1Cl. The minimum Gasteiger partial charge on any atom is -0.510 e. The Morgan fingerprint density at radius 2 is 1.92 bits per heavy atom. The zero-order chi connectivity index (χ0) is 19.3. The standard InChI is InChI=1S/C16H12Cl2N4O4/c1-9(23)15(16(24)19-12-5-3-2-4-11(12)18)21-20-13-7-6-10(17)8-14(13)22(25)26/h2-8,23H,1H3,(H,19,24)/b15-9-,21-20?. The van der Waals surface area contributed by atoms with Crippen molar-refractivity contribution >= 4 is 46.2 Å². The van der Waals surface area contributed by atoms with Gasteiger partial charge in [0, 0.05) is 11.1 Å². The molecule has 0 fully saturated rings. The lowest BCUT2D eigenvalue weighted by Crippen LogP contribution is -2.14. The molecule has 2 N–H and O–H groups in total. The lowest BCUT2D eigenvalue weighted by molar-refractivity contribution is -0.384. The molecule has 0 bridgehead atoms.